The van der Waals surface area contributed by atoms with E-state index in [9.17, 15) is 9.59 Å². The van der Waals surface area contributed by atoms with Crippen LogP contribution >= 0.6 is 0 Å². The number of hydrogen-bond donors (Lipinski definition) is 0. The van der Waals surface area contributed by atoms with Crippen molar-refractivity contribution in [1.29, 1.82) is 0 Å². The van der Waals surface area contributed by atoms with Gasteiger partial charge in [0, 0.05) is 18.5 Å². The van der Waals surface area contributed by atoms with Crippen molar-refractivity contribution in [2.45, 2.75) is 59.0 Å². The molecule has 0 unspecified atom stereocenters. The number of carbonyl (C=O) groups excluding carboxylic acids is 2. The van der Waals surface area contributed by atoms with Crippen LogP contribution in [0.5, 0.6) is 17.4 Å². The fourth-order valence-electron chi connectivity index (χ4n) is 6.34. The van der Waals surface area contributed by atoms with Crippen LogP contribution in [0.3, 0.4) is 0 Å². The van der Waals surface area contributed by atoms with Gasteiger partial charge in [0.1, 0.15) is 31.1 Å². The lowest BCUT2D eigenvalue weighted by atomic mass is 9.94. The minimum absolute atomic E-state index is 0.0526. The third-order valence-electron chi connectivity index (χ3n) is 8.69. The molecule has 3 heterocycles. The normalized spacial score (nSPS) is 13.2. The minimum Gasteiger partial charge on any atom is -0.487 e. The zero-order valence-electron chi connectivity index (χ0n) is 29.0. The lowest BCUT2D eigenvalue weighted by Crippen LogP contribution is -2.35. The number of carbonyl (C=O) groups is 2. The van der Waals surface area contributed by atoms with Gasteiger partial charge in [0.05, 0.1) is 12.3 Å². The fourth-order valence-corrected chi connectivity index (χ4v) is 6.34. The van der Waals surface area contributed by atoms with Gasteiger partial charge in [-0.05, 0) is 61.1 Å². The number of aromatic nitrogens is 1. The number of pyridine rings is 1. The molecule has 7 rings (SSSR count). The Hall–Kier alpha value is -5.83. The average Bonchev–Trinajstić information content (AvgIpc) is 3.49. The quantitative estimate of drug-likeness (QED) is 0.143. The maximum Gasteiger partial charge on any atom is 0.414 e. The Kier molecular flexibility index (Phi) is 9.61. The SMILES string of the molecule is CC(C)(C)OC(=O)N1CCc2c1ccc1c2CCOc2c-1nc(OCc1ccccc1)c(C(=O)OCc1ccccc1)c2OCc1ccccc1. The van der Waals surface area contributed by atoms with Gasteiger partial charge in [-0.15, -0.1) is 0 Å². The largest absolute Gasteiger partial charge is 0.487 e. The summed E-state index contributed by atoms with van der Waals surface area (Å²) in [6.07, 6.45) is 0.839. The summed E-state index contributed by atoms with van der Waals surface area (Å²) >= 11 is 0. The molecule has 0 radical (unpaired) electrons. The van der Waals surface area contributed by atoms with Crippen molar-refractivity contribution < 1.29 is 33.3 Å². The highest BCUT2D eigenvalue weighted by atomic mass is 16.6. The molecule has 0 saturated heterocycles. The molecule has 4 aromatic carbocycles. The molecule has 0 bridgehead atoms. The van der Waals surface area contributed by atoms with Crippen molar-refractivity contribution in [2.24, 2.45) is 0 Å². The van der Waals surface area contributed by atoms with E-state index in [1.807, 2.05) is 124 Å². The van der Waals surface area contributed by atoms with E-state index in [2.05, 4.69) is 0 Å². The van der Waals surface area contributed by atoms with Crippen molar-refractivity contribution in [3.8, 4) is 28.6 Å². The number of benzene rings is 4. The summed E-state index contributed by atoms with van der Waals surface area (Å²) in [5.41, 5.74) is 6.28. The first kappa shape index (κ1) is 33.7. The Balaban J connectivity index is 1.34. The molecule has 9 nitrogen and oxygen atoms in total. The number of hydrogen-bond acceptors (Lipinski definition) is 8. The molecule has 9 heteroatoms. The van der Waals surface area contributed by atoms with Gasteiger partial charge in [0.15, 0.2) is 17.1 Å². The molecule has 2 aliphatic heterocycles. The molecule has 0 saturated carbocycles. The Morgan fingerprint density at radius 3 is 1.98 bits per heavy atom. The summed E-state index contributed by atoms with van der Waals surface area (Å²) < 4.78 is 31.0. The van der Waals surface area contributed by atoms with E-state index in [1.54, 1.807) is 4.90 Å². The van der Waals surface area contributed by atoms with Gasteiger partial charge in [0.2, 0.25) is 5.88 Å². The van der Waals surface area contributed by atoms with Crippen molar-refractivity contribution in [3.05, 3.63) is 137 Å². The van der Waals surface area contributed by atoms with Crippen LogP contribution < -0.4 is 19.1 Å². The van der Waals surface area contributed by atoms with E-state index >= 15 is 0 Å². The molecular weight excluding hydrogens is 644 g/mol. The zero-order valence-corrected chi connectivity index (χ0v) is 29.0. The lowest BCUT2D eigenvalue weighted by molar-refractivity contribution is 0.0458. The number of esters is 1. The van der Waals surface area contributed by atoms with Crippen LogP contribution in [-0.2, 0) is 42.1 Å². The minimum atomic E-state index is -0.643. The Morgan fingerprint density at radius 2 is 1.35 bits per heavy atom. The Bertz CT molecular complexity index is 2030. The molecule has 0 fully saturated rings. The molecule has 5 aromatic rings. The summed E-state index contributed by atoms with van der Waals surface area (Å²) in [5, 5.41) is 0. The second-order valence-electron chi connectivity index (χ2n) is 13.5. The summed E-state index contributed by atoms with van der Waals surface area (Å²) in [6.45, 7) is 6.77. The molecular formula is C42H40N2O7. The van der Waals surface area contributed by atoms with Crippen LogP contribution in [0.1, 0.15) is 58.9 Å². The number of rotatable bonds is 9. The van der Waals surface area contributed by atoms with Gasteiger partial charge in [-0.3, -0.25) is 4.90 Å². The summed E-state index contributed by atoms with van der Waals surface area (Å²) in [6, 6.07) is 32.8. The van der Waals surface area contributed by atoms with E-state index in [4.69, 9.17) is 28.7 Å². The Morgan fingerprint density at radius 1 is 0.745 bits per heavy atom. The van der Waals surface area contributed by atoms with Crippen molar-refractivity contribution >= 4 is 17.7 Å². The van der Waals surface area contributed by atoms with Crippen LogP contribution in [-0.4, -0.2) is 35.8 Å². The summed E-state index contributed by atoms with van der Waals surface area (Å²) in [4.78, 5) is 34.0. The number of amides is 1. The second-order valence-corrected chi connectivity index (χ2v) is 13.5. The first-order valence-electron chi connectivity index (χ1n) is 17.2. The van der Waals surface area contributed by atoms with E-state index in [-0.39, 0.29) is 43.1 Å². The first-order chi connectivity index (χ1) is 24.7. The molecule has 1 aromatic heterocycles. The Labute approximate surface area is 297 Å². The van der Waals surface area contributed by atoms with Gasteiger partial charge >= 0.3 is 12.1 Å². The highest BCUT2D eigenvalue weighted by Gasteiger charge is 2.36. The standard InChI is InChI=1S/C42H40N2O7/c1-42(2,3)51-41(46)44-23-21-32-31-22-24-47-38-36(33(31)19-20-34(32)44)43-39(49-26-29-15-9-5-10-16-29)35(37(38)48-25-28-13-7-4-8-14-28)40(45)50-27-30-17-11-6-12-18-30/h4-20H,21-27H2,1-3H3. The molecule has 2 aliphatic rings. The smallest absolute Gasteiger partial charge is 0.414 e. The van der Waals surface area contributed by atoms with Crippen LogP contribution in [0.2, 0.25) is 0 Å². The van der Waals surface area contributed by atoms with E-state index in [0.29, 0.717) is 37.4 Å². The molecule has 0 N–H and O–H groups in total. The van der Waals surface area contributed by atoms with Crippen molar-refractivity contribution in [2.75, 3.05) is 18.1 Å². The maximum atomic E-state index is 14.1. The van der Waals surface area contributed by atoms with Crippen molar-refractivity contribution in [1.82, 2.24) is 4.98 Å². The fraction of sp³-hybridized carbons (Fsp3) is 0.262. The number of ether oxygens (including phenoxy) is 5. The van der Waals surface area contributed by atoms with Crippen LogP contribution in [0.25, 0.3) is 11.3 Å². The second kappa shape index (κ2) is 14.6. The highest BCUT2D eigenvalue weighted by molar-refractivity contribution is 5.98. The third-order valence-corrected chi connectivity index (χ3v) is 8.69. The molecule has 0 aliphatic carbocycles. The van der Waals surface area contributed by atoms with Gasteiger partial charge in [-0.1, -0.05) is 97.1 Å². The lowest BCUT2D eigenvalue weighted by Gasteiger charge is -2.25. The summed E-state index contributed by atoms with van der Waals surface area (Å²) in [7, 11) is 0. The zero-order chi connectivity index (χ0) is 35.4. The highest BCUT2D eigenvalue weighted by Crippen LogP contribution is 2.48. The van der Waals surface area contributed by atoms with Gasteiger partial charge in [-0.25, -0.2) is 14.6 Å². The summed E-state index contributed by atoms with van der Waals surface area (Å²) in [5.74, 6) is -0.0274. The molecule has 0 atom stereocenters. The maximum absolute atomic E-state index is 14.1. The number of fused-ring (bicyclic) bond motifs is 5. The molecule has 1 amide bonds. The molecule has 51 heavy (non-hydrogen) atoms. The predicted molar refractivity (Wildman–Crippen MR) is 193 cm³/mol. The van der Waals surface area contributed by atoms with E-state index in [0.717, 1.165) is 39.1 Å². The number of nitrogens with zero attached hydrogens (tertiary/aromatic N) is 2. The van der Waals surface area contributed by atoms with E-state index in [1.165, 1.54) is 0 Å². The predicted octanol–water partition coefficient (Wildman–Crippen LogP) is 8.50. The molecule has 0 spiro atoms. The molecule has 260 valence electrons. The first-order valence-corrected chi connectivity index (χ1v) is 17.2. The van der Waals surface area contributed by atoms with Crippen LogP contribution in [0.4, 0.5) is 10.5 Å². The van der Waals surface area contributed by atoms with Gasteiger partial charge in [-0.2, -0.15) is 0 Å². The van der Waals surface area contributed by atoms with Gasteiger partial charge in [0.25, 0.3) is 0 Å². The topological polar surface area (TPSA) is 96.4 Å². The van der Waals surface area contributed by atoms with E-state index < -0.39 is 11.6 Å². The monoisotopic (exact) mass is 684 g/mol. The van der Waals surface area contributed by atoms with Crippen LogP contribution in [0.15, 0.2) is 103 Å². The van der Waals surface area contributed by atoms with Crippen molar-refractivity contribution in [3.63, 3.8) is 0 Å². The van der Waals surface area contributed by atoms with Crippen LogP contribution in [0, 0.1) is 0 Å². The number of anilines is 1. The average molecular weight is 685 g/mol. The van der Waals surface area contributed by atoms with Gasteiger partial charge < -0.3 is 23.7 Å². The third kappa shape index (κ3) is 7.52.